The summed E-state index contributed by atoms with van der Waals surface area (Å²) in [6.07, 6.45) is 3.23. The number of aromatic nitrogens is 1. The van der Waals surface area contributed by atoms with Gasteiger partial charge >= 0.3 is 0 Å². The lowest BCUT2D eigenvalue weighted by atomic mass is 9.97. The third-order valence-electron chi connectivity index (χ3n) is 2.72. The molecule has 1 N–H and O–H groups in total. The number of nitrogens with zero attached hydrogens (tertiary/aromatic N) is 2. The van der Waals surface area contributed by atoms with Crippen molar-refractivity contribution >= 4 is 0 Å². The molecule has 76 valence electrons. The van der Waals surface area contributed by atoms with Crippen LogP contribution in [0, 0.1) is 11.3 Å². The van der Waals surface area contributed by atoms with Crippen LogP contribution in [0.4, 0.5) is 0 Å². The van der Waals surface area contributed by atoms with Crippen LogP contribution < -0.4 is 0 Å². The molecule has 0 bridgehead atoms. The molecule has 14 heavy (non-hydrogen) atoms. The summed E-state index contributed by atoms with van der Waals surface area (Å²) in [7, 11) is 0. The second-order valence-corrected chi connectivity index (χ2v) is 3.56. The van der Waals surface area contributed by atoms with Crippen molar-refractivity contribution in [3.8, 4) is 6.07 Å². The predicted octanol–water partition coefficient (Wildman–Crippen LogP) is 1.91. The van der Waals surface area contributed by atoms with Crippen LogP contribution in [0.2, 0.25) is 0 Å². The maximum absolute atomic E-state index is 10.1. The summed E-state index contributed by atoms with van der Waals surface area (Å²) in [5.41, 5.74) is -0.0877. The highest BCUT2D eigenvalue weighted by atomic mass is 16.3. The fraction of sp³-hybridized carbons (Fsp3) is 0.545. The molecular weight excluding hydrogens is 176 g/mol. The van der Waals surface area contributed by atoms with Gasteiger partial charge in [0.15, 0.2) is 0 Å². The van der Waals surface area contributed by atoms with E-state index in [2.05, 4.69) is 6.07 Å². The first-order chi connectivity index (χ1) is 6.65. The Labute approximate surface area is 84.6 Å². The van der Waals surface area contributed by atoms with Gasteiger partial charge in [-0.15, -0.1) is 0 Å². The highest BCUT2D eigenvalue weighted by molar-refractivity contribution is 5.22. The van der Waals surface area contributed by atoms with Crippen LogP contribution in [0.1, 0.15) is 32.4 Å². The molecule has 0 spiro atoms. The molecule has 0 saturated heterocycles. The van der Waals surface area contributed by atoms with E-state index in [1.165, 1.54) is 0 Å². The Morgan fingerprint density at radius 2 is 2.14 bits per heavy atom. The van der Waals surface area contributed by atoms with Crippen LogP contribution in [0.25, 0.3) is 0 Å². The van der Waals surface area contributed by atoms with E-state index >= 15 is 0 Å². The van der Waals surface area contributed by atoms with Gasteiger partial charge in [0, 0.05) is 6.20 Å². The lowest BCUT2D eigenvalue weighted by molar-refractivity contribution is 0.0150. The predicted molar refractivity (Wildman–Crippen MR) is 54.7 cm³/mol. The molecule has 1 aromatic rings. The van der Waals surface area contributed by atoms with Gasteiger partial charge in [0.25, 0.3) is 0 Å². The standard InChI is InChI=1S/C11H16N2O/c1-3-11(14,4-2)9-13-7-5-6-10(13)8-12/h5-7,14H,3-4,9H2,1-2H3. The Kier molecular flexibility index (Phi) is 3.32. The summed E-state index contributed by atoms with van der Waals surface area (Å²) in [6, 6.07) is 5.68. The maximum Gasteiger partial charge on any atom is 0.120 e. The maximum atomic E-state index is 10.1. The Bertz CT molecular complexity index is 331. The Balaban J connectivity index is 2.83. The van der Waals surface area contributed by atoms with Crippen molar-refractivity contribution in [1.82, 2.24) is 4.57 Å². The molecule has 1 heterocycles. The Morgan fingerprint density at radius 3 is 2.64 bits per heavy atom. The molecule has 0 aliphatic heterocycles. The van der Waals surface area contributed by atoms with E-state index in [0.29, 0.717) is 25.1 Å². The van der Waals surface area contributed by atoms with Crippen molar-refractivity contribution in [3.05, 3.63) is 24.0 Å². The fourth-order valence-electron chi connectivity index (χ4n) is 1.44. The second-order valence-electron chi connectivity index (χ2n) is 3.56. The fourth-order valence-corrected chi connectivity index (χ4v) is 1.44. The molecule has 1 aromatic heterocycles. The van der Waals surface area contributed by atoms with Gasteiger partial charge in [-0.1, -0.05) is 13.8 Å². The van der Waals surface area contributed by atoms with Crippen molar-refractivity contribution in [2.45, 2.75) is 38.8 Å². The summed E-state index contributed by atoms with van der Waals surface area (Å²) in [5, 5.41) is 18.9. The lowest BCUT2D eigenvalue weighted by Crippen LogP contribution is -2.32. The Morgan fingerprint density at radius 1 is 1.50 bits per heavy atom. The number of nitriles is 1. The average molecular weight is 192 g/mol. The van der Waals surface area contributed by atoms with Gasteiger partial charge in [-0.2, -0.15) is 5.26 Å². The zero-order valence-corrected chi connectivity index (χ0v) is 8.70. The van der Waals surface area contributed by atoms with E-state index in [-0.39, 0.29) is 0 Å². The molecule has 0 fully saturated rings. The molecular formula is C11H16N2O. The minimum absolute atomic E-state index is 0.496. The molecule has 0 saturated carbocycles. The summed E-state index contributed by atoms with van der Waals surface area (Å²) >= 11 is 0. The van der Waals surface area contributed by atoms with E-state index in [0.717, 1.165) is 0 Å². The number of aliphatic hydroxyl groups is 1. The van der Waals surface area contributed by atoms with Crippen molar-refractivity contribution in [1.29, 1.82) is 5.26 Å². The second kappa shape index (κ2) is 4.30. The zero-order valence-electron chi connectivity index (χ0n) is 8.70. The quantitative estimate of drug-likeness (QED) is 0.792. The normalized spacial score (nSPS) is 11.3. The van der Waals surface area contributed by atoms with Crippen LogP contribution >= 0.6 is 0 Å². The Hall–Kier alpha value is -1.27. The first-order valence-electron chi connectivity index (χ1n) is 4.93. The highest BCUT2D eigenvalue weighted by Gasteiger charge is 2.23. The van der Waals surface area contributed by atoms with Gasteiger partial charge in [-0.05, 0) is 25.0 Å². The molecule has 0 aromatic carbocycles. The first-order valence-corrected chi connectivity index (χ1v) is 4.93. The van der Waals surface area contributed by atoms with E-state index in [1.54, 1.807) is 10.6 Å². The van der Waals surface area contributed by atoms with Crippen molar-refractivity contribution < 1.29 is 5.11 Å². The van der Waals surface area contributed by atoms with Crippen LogP contribution in [-0.4, -0.2) is 15.3 Å². The van der Waals surface area contributed by atoms with Gasteiger partial charge in [-0.3, -0.25) is 0 Å². The molecule has 0 atom stereocenters. The largest absolute Gasteiger partial charge is 0.388 e. The van der Waals surface area contributed by atoms with Gasteiger partial charge in [0.05, 0.1) is 12.1 Å². The molecule has 1 rings (SSSR count). The van der Waals surface area contributed by atoms with Crippen molar-refractivity contribution in [2.75, 3.05) is 0 Å². The van der Waals surface area contributed by atoms with Gasteiger partial charge < -0.3 is 9.67 Å². The van der Waals surface area contributed by atoms with Crippen molar-refractivity contribution in [2.24, 2.45) is 0 Å². The number of rotatable bonds is 4. The van der Waals surface area contributed by atoms with Crippen LogP contribution in [0.5, 0.6) is 0 Å². The van der Waals surface area contributed by atoms with E-state index in [4.69, 9.17) is 5.26 Å². The third-order valence-corrected chi connectivity index (χ3v) is 2.72. The molecule has 3 heteroatoms. The smallest absolute Gasteiger partial charge is 0.120 e. The number of hydrogen-bond donors (Lipinski definition) is 1. The van der Waals surface area contributed by atoms with Crippen molar-refractivity contribution in [3.63, 3.8) is 0 Å². The van der Waals surface area contributed by atoms with E-state index < -0.39 is 5.60 Å². The minimum Gasteiger partial charge on any atom is -0.388 e. The first kappa shape index (κ1) is 10.8. The topological polar surface area (TPSA) is 49.0 Å². The minimum atomic E-state index is -0.690. The molecule has 0 unspecified atom stereocenters. The van der Waals surface area contributed by atoms with Crippen LogP contribution in [0.15, 0.2) is 18.3 Å². The average Bonchev–Trinajstić information content (AvgIpc) is 2.65. The molecule has 0 radical (unpaired) electrons. The van der Waals surface area contributed by atoms with E-state index in [1.807, 2.05) is 26.1 Å². The van der Waals surface area contributed by atoms with Crippen LogP contribution in [0.3, 0.4) is 0 Å². The van der Waals surface area contributed by atoms with E-state index in [9.17, 15) is 5.11 Å². The molecule has 0 amide bonds. The van der Waals surface area contributed by atoms with Gasteiger partial charge in [-0.25, -0.2) is 0 Å². The van der Waals surface area contributed by atoms with Gasteiger partial charge in [0.2, 0.25) is 0 Å². The monoisotopic (exact) mass is 192 g/mol. The molecule has 0 aliphatic carbocycles. The SMILES string of the molecule is CCC(O)(CC)Cn1cccc1C#N. The molecule has 3 nitrogen and oxygen atoms in total. The zero-order chi connectivity index (χ0) is 10.6. The summed E-state index contributed by atoms with van der Waals surface area (Å²) in [5.74, 6) is 0. The third kappa shape index (κ3) is 2.15. The summed E-state index contributed by atoms with van der Waals surface area (Å²) in [6.45, 7) is 4.41. The highest BCUT2D eigenvalue weighted by Crippen LogP contribution is 2.18. The lowest BCUT2D eigenvalue weighted by Gasteiger charge is -2.26. The molecule has 0 aliphatic rings. The summed E-state index contributed by atoms with van der Waals surface area (Å²) < 4.78 is 1.80. The van der Waals surface area contributed by atoms with Gasteiger partial charge in [0.1, 0.15) is 11.8 Å². The van der Waals surface area contributed by atoms with Crippen LogP contribution in [-0.2, 0) is 6.54 Å². The summed E-state index contributed by atoms with van der Waals surface area (Å²) in [4.78, 5) is 0. The number of hydrogen-bond acceptors (Lipinski definition) is 2.